The monoisotopic (exact) mass is 359 g/mol. The molecule has 0 heterocycles. The first kappa shape index (κ1) is 13.9. The Bertz CT molecular complexity index is 499. The number of nitro groups is 1. The maximum Gasteiger partial charge on any atom is 0.417 e. The van der Waals surface area contributed by atoms with Gasteiger partial charge < -0.3 is 0 Å². The number of hydrogen-bond acceptors (Lipinski definition) is 3. The van der Waals surface area contributed by atoms with Crippen LogP contribution in [0.3, 0.4) is 0 Å². The van der Waals surface area contributed by atoms with Crippen molar-refractivity contribution >= 4 is 34.1 Å². The summed E-state index contributed by atoms with van der Waals surface area (Å²) in [6.45, 7) is 0.869. The minimum absolute atomic E-state index is 0.00852. The van der Waals surface area contributed by atoms with Gasteiger partial charge in [-0.3, -0.25) is 14.9 Å². The lowest BCUT2D eigenvalue weighted by atomic mass is 10.0. The van der Waals surface area contributed by atoms with Crippen LogP contribution < -0.4 is 0 Å². The fourth-order valence-corrected chi connectivity index (χ4v) is 1.98. The zero-order valence-electron chi connectivity index (χ0n) is 8.34. The maximum atomic E-state index is 12.6. The van der Waals surface area contributed by atoms with E-state index >= 15 is 0 Å². The van der Waals surface area contributed by atoms with Crippen LogP contribution in [0.15, 0.2) is 12.1 Å². The van der Waals surface area contributed by atoms with Crippen molar-refractivity contribution in [3.8, 4) is 0 Å². The zero-order chi connectivity index (χ0) is 13.4. The Morgan fingerprint density at radius 2 is 1.94 bits per heavy atom. The number of Topliss-reactive ketones (excluding diaryl/α,β-unsaturated/α-hetero) is 1. The molecule has 0 bridgehead atoms. The van der Waals surface area contributed by atoms with Crippen molar-refractivity contribution in [3.05, 3.63) is 36.9 Å². The molecule has 0 spiro atoms. The molecular formula is C9H5F3INO3. The van der Waals surface area contributed by atoms with Gasteiger partial charge in [0, 0.05) is 0 Å². The molecule has 0 aliphatic carbocycles. The second-order valence-electron chi connectivity index (χ2n) is 3.13. The summed E-state index contributed by atoms with van der Waals surface area (Å²) in [5.74, 6) is -0.984. The van der Waals surface area contributed by atoms with Crippen molar-refractivity contribution in [1.82, 2.24) is 0 Å². The van der Waals surface area contributed by atoms with E-state index in [-0.39, 0.29) is 3.57 Å². The third-order valence-corrected chi connectivity index (χ3v) is 2.84. The lowest BCUT2D eigenvalue weighted by Gasteiger charge is -2.11. The van der Waals surface area contributed by atoms with Gasteiger partial charge in [-0.25, -0.2) is 0 Å². The Morgan fingerprint density at radius 1 is 1.41 bits per heavy atom. The van der Waals surface area contributed by atoms with Gasteiger partial charge in [0.2, 0.25) is 0 Å². The molecule has 0 saturated heterocycles. The number of nitrogens with zero attached hydrogens (tertiary/aromatic N) is 1. The van der Waals surface area contributed by atoms with E-state index in [0.717, 1.165) is 13.0 Å². The minimum Gasteiger partial charge on any atom is -0.294 e. The number of benzene rings is 1. The highest BCUT2D eigenvalue weighted by atomic mass is 127. The molecule has 4 nitrogen and oxygen atoms in total. The molecule has 0 radical (unpaired) electrons. The summed E-state index contributed by atoms with van der Waals surface area (Å²) in [4.78, 5) is 20.9. The predicted octanol–water partition coefficient (Wildman–Crippen LogP) is 3.42. The van der Waals surface area contributed by atoms with Crippen LogP contribution in [-0.2, 0) is 6.18 Å². The Labute approximate surface area is 107 Å². The van der Waals surface area contributed by atoms with Gasteiger partial charge in [-0.15, -0.1) is 0 Å². The molecule has 0 aliphatic rings. The molecule has 0 aliphatic heterocycles. The average Bonchev–Trinajstić information content (AvgIpc) is 2.14. The second kappa shape index (κ2) is 4.59. The third-order valence-electron chi connectivity index (χ3n) is 1.97. The highest BCUT2D eigenvalue weighted by Gasteiger charge is 2.39. The van der Waals surface area contributed by atoms with E-state index < -0.39 is 33.7 Å². The van der Waals surface area contributed by atoms with Crippen molar-refractivity contribution in [3.63, 3.8) is 0 Å². The number of carbonyl (C=O) groups is 1. The lowest BCUT2D eigenvalue weighted by Crippen LogP contribution is -2.14. The van der Waals surface area contributed by atoms with Gasteiger partial charge >= 0.3 is 6.18 Å². The summed E-state index contributed by atoms with van der Waals surface area (Å²) < 4.78 is 37.8. The van der Waals surface area contributed by atoms with Crippen LogP contribution in [0.4, 0.5) is 18.9 Å². The van der Waals surface area contributed by atoms with Gasteiger partial charge in [-0.1, -0.05) is 0 Å². The number of hydrogen-bond donors (Lipinski definition) is 0. The molecule has 92 valence electrons. The first-order valence-electron chi connectivity index (χ1n) is 4.21. The van der Waals surface area contributed by atoms with E-state index in [1.165, 1.54) is 22.6 Å². The van der Waals surface area contributed by atoms with Crippen LogP contribution in [-0.4, -0.2) is 10.7 Å². The maximum absolute atomic E-state index is 12.6. The van der Waals surface area contributed by atoms with E-state index in [2.05, 4.69) is 0 Å². The second-order valence-corrected chi connectivity index (χ2v) is 4.29. The molecule has 0 N–H and O–H groups in total. The van der Waals surface area contributed by atoms with Crippen molar-refractivity contribution in [1.29, 1.82) is 0 Å². The van der Waals surface area contributed by atoms with Gasteiger partial charge in [0.1, 0.15) is 5.56 Å². The summed E-state index contributed by atoms with van der Waals surface area (Å²) in [7, 11) is 0. The van der Waals surface area contributed by atoms with Crippen LogP contribution in [0, 0.1) is 13.7 Å². The molecule has 1 aromatic carbocycles. The molecule has 1 rings (SSSR count). The highest BCUT2D eigenvalue weighted by molar-refractivity contribution is 14.1. The number of halogens is 4. The van der Waals surface area contributed by atoms with Crippen LogP contribution in [0.25, 0.3) is 0 Å². The molecule has 0 fully saturated rings. The van der Waals surface area contributed by atoms with Gasteiger partial charge in [0.05, 0.1) is 14.1 Å². The summed E-state index contributed by atoms with van der Waals surface area (Å²) in [5.41, 5.74) is -2.97. The van der Waals surface area contributed by atoms with Gasteiger partial charge in [0.25, 0.3) is 5.69 Å². The molecule has 1 aromatic rings. The molecule has 0 unspecified atom stereocenters. The van der Waals surface area contributed by atoms with E-state index in [9.17, 15) is 28.1 Å². The first-order valence-corrected chi connectivity index (χ1v) is 5.29. The average molecular weight is 359 g/mol. The molecule has 0 atom stereocenters. The fraction of sp³-hybridized carbons (Fsp3) is 0.222. The van der Waals surface area contributed by atoms with Gasteiger partial charge in [0.15, 0.2) is 5.78 Å². The summed E-state index contributed by atoms with van der Waals surface area (Å²) in [5, 5.41) is 10.7. The molecule has 0 saturated carbocycles. The highest BCUT2D eigenvalue weighted by Crippen LogP contribution is 2.38. The van der Waals surface area contributed by atoms with Crippen molar-refractivity contribution in [2.75, 3.05) is 0 Å². The number of alkyl halides is 3. The van der Waals surface area contributed by atoms with Crippen LogP contribution >= 0.6 is 22.6 Å². The molecule has 0 amide bonds. The Morgan fingerprint density at radius 3 is 2.29 bits per heavy atom. The Balaban J connectivity index is 3.72. The normalized spacial score (nSPS) is 11.4. The van der Waals surface area contributed by atoms with Crippen LogP contribution in [0.2, 0.25) is 0 Å². The Kier molecular flexibility index (Phi) is 3.74. The topological polar surface area (TPSA) is 60.2 Å². The number of nitro benzene ring substituents is 1. The quantitative estimate of drug-likeness (QED) is 0.352. The van der Waals surface area contributed by atoms with E-state index in [1.54, 1.807) is 0 Å². The number of rotatable bonds is 2. The summed E-state index contributed by atoms with van der Waals surface area (Å²) in [6, 6.07) is 1.64. The van der Waals surface area contributed by atoms with E-state index in [0.29, 0.717) is 6.07 Å². The van der Waals surface area contributed by atoms with Crippen molar-refractivity contribution in [2.24, 2.45) is 0 Å². The number of carbonyl (C=O) groups excluding carboxylic acids is 1. The summed E-state index contributed by atoms with van der Waals surface area (Å²) in [6.07, 6.45) is -4.80. The van der Waals surface area contributed by atoms with E-state index in [4.69, 9.17) is 0 Å². The first-order chi connectivity index (χ1) is 7.66. The van der Waals surface area contributed by atoms with E-state index in [1.807, 2.05) is 0 Å². The molecule has 17 heavy (non-hydrogen) atoms. The number of ketones is 1. The molecule has 8 heteroatoms. The molecular weight excluding hydrogens is 354 g/mol. The largest absolute Gasteiger partial charge is 0.417 e. The fourth-order valence-electron chi connectivity index (χ4n) is 1.34. The predicted molar refractivity (Wildman–Crippen MR) is 60.8 cm³/mol. The van der Waals surface area contributed by atoms with Crippen molar-refractivity contribution in [2.45, 2.75) is 13.1 Å². The van der Waals surface area contributed by atoms with Crippen LogP contribution in [0.5, 0.6) is 0 Å². The summed E-state index contributed by atoms with van der Waals surface area (Å²) >= 11 is 1.52. The van der Waals surface area contributed by atoms with Gasteiger partial charge in [-0.2, -0.15) is 13.2 Å². The smallest absolute Gasteiger partial charge is 0.294 e. The van der Waals surface area contributed by atoms with Gasteiger partial charge in [-0.05, 0) is 41.6 Å². The third kappa shape index (κ3) is 2.73. The molecule has 0 aromatic heterocycles. The lowest BCUT2D eigenvalue weighted by molar-refractivity contribution is -0.386. The van der Waals surface area contributed by atoms with Crippen LogP contribution in [0.1, 0.15) is 22.8 Å². The standard InChI is InChI=1S/C9H5F3INO3/c1-4(15)7-5(9(10,11)12)2-3-6(13)8(7)14(16)17/h2-3H,1H3. The van der Waals surface area contributed by atoms with Crippen molar-refractivity contribution < 1.29 is 22.9 Å². The zero-order valence-corrected chi connectivity index (χ0v) is 10.5. The Hall–Kier alpha value is -1.19. The SMILES string of the molecule is CC(=O)c1c(C(F)(F)F)ccc(I)c1[N+](=O)[O-]. The minimum atomic E-state index is -4.80.